The zero-order valence-electron chi connectivity index (χ0n) is 16.2. The van der Waals surface area contributed by atoms with Crippen LogP contribution in [-0.4, -0.2) is 65.4 Å². The molecule has 0 bridgehead atoms. The van der Waals surface area contributed by atoms with Crippen molar-refractivity contribution in [1.29, 1.82) is 0 Å². The molecule has 152 valence electrons. The first kappa shape index (κ1) is 21.4. The van der Waals surface area contributed by atoms with Gasteiger partial charge in [0.15, 0.2) is 5.96 Å². The zero-order chi connectivity index (χ0) is 19.9. The summed E-state index contributed by atoms with van der Waals surface area (Å²) >= 11 is 0. The van der Waals surface area contributed by atoms with Crippen LogP contribution >= 0.6 is 0 Å². The van der Waals surface area contributed by atoms with Crippen LogP contribution < -0.4 is 10.0 Å². The monoisotopic (exact) mass is 400 g/mol. The normalized spacial score (nSPS) is 14.9. The fourth-order valence-corrected chi connectivity index (χ4v) is 3.37. The van der Waals surface area contributed by atoms with Gasteiger partial charge in [0.2, 0.25) is 10.0 Å². The summed E-state index contributed by atoms with van der Waals surface area (Å²) in [5, 5.41) is 3.02. The maximum atomic E-state index is 13.5. The van der Waals surface area contributed by atoms with Gasteiger partial charge in [0, 0.05) is 33.8 Å². The van der Waals surface area contributed by atoms with Gasteiger partial charge in [-0.1, -0.05) is 6.07 Å². The Bertz CT molecular complexity index is 751. The predicted octanol–water partition coefficient (Wildman–Crippen LogP) is 1.81. The van der Waals surface area contributed by atoms with E-state index in [9.17, 15) is 12.8 Å². The number of halogens is 1. The molecule has 1 aromatic carbocycles. The number of hydrogen-bond donors (Lipinski definition) is 2. The van der Waals surface area contributed by atoms with Crippen molar-refractivity contribution in [1.82, 2.24) is 10.2 Å². The summed E-state index contributed by atoms with van der Waals surface area (Å²) in [4.78, 5) is 6.04. The van der Waals surface area contributed by atoms with Crippen LogP contribution in [0.4, 0.5) is 10.1 Å². The molecule has 0 aromatic heterocycles. The van der Waals surface area contributed by atoms with Gasteiger partial charge in [-0.2, -0.15) is 0 Å². The van der Waals surface area contributed by atoms with Crippen LogP contribution in [0, 0.1) is 18.7 Å². The number of nitrogens with one attached hydrogen (secondary N) is 2. The lowest BCUT2D eigenvalue weighted by Crippen LogP contribution is -2.42. The Labute approximate surface area is 161 Å². The summed E-state index contributed by atoms with van der Waals surface area (Å²) in [7, 11) is -0.0775. The Hall–Kier alpha value is -1.87. The lowest BCUT2D eigenvalue weighted by atomic mass is 10.2. The first-order valence-corrected chi connectivity index (χ1v) is 10.7. The Morgan fingerprint density at radius 3 is 2.78 bits per heavy atom. The molecule has 0 amide bonds. The van der Waals surface area contributed by atoms with Crippen LogP contribution in [-0.2, 0) is 14.8 Å². The van der Waals surface area contributed by atoms with Crippen LogP contribution in [0.25, 0.3) is 0 Å². The van der Waals surface area contributed by atoms with Gasteiger partial charge in [0.05, 0.1) is 18.0 Å². The smallest absolute Gasteiger partial charge is 0.234 e. The third kappa shape index (κ3) is 7.72. The Balaban J connectivity index is 1.73. The molecular weight excluding hydrogens is 371 g/mol. The summed E-state index contributed by atoms with van der Waals surface area (Å²) in [5.41, 5.74) is 0.681. The van der Waals surface area contributed by atoms with Gasteiger partial charge in [-0.05, 0) is 43.4 Å². The number of ether oxygens (including phenoxy) is 1. The molecule has 0 saturated heterocycles. The number of hydrogen-bond acceptors (Lipinski definition) is 4. The van der Waals surface area contributed by atoms with Gasteiger partial charge in [-0.3, -0.25) is 9.71 Å². The molecule has 1 saturated carbocycles. The fraction of sp³-hybridized carbons (Fsp3) is 0.611. The van der Waals surface area contributed by atoms with Gasteiger partial charge in [0.25, 0.3) is 0 Å². The number of anilines is 1. The van der Waals surface area contributed by atoms with Crippen molar-refractivity contribution >= 4 is 21.7 Å². The van der Waals surface area contributed by atoms with Crippen molar-refractivity contribution in [2.24, 2.45) is 10.9 Å². The van der Waals surface area contributed by atoms with E-state index >= 15 is 0 Å². The first-order chi connectivity index (χ1) is 12.8. The molecule has 0 radical (unpaired) electrons. The van der Waals surface area contributed by atoms with E-state index in [2.05, 4.69) is 15.0 Å². The quantitative estimate of drug-likeness (QED) is 0.356. The van der Waals surface area contributed by atoms with E-state index in [1.165, 1.54) is 31.0 Å². The summed E-state index contributed by atoms with van der Waals surface area (Å²) in [6, 6.07) is 4.25. The Morgan fingerprint density at radius 2 is 2.15 bits per heavy atom. The molecule has 9 heteroatoms. The van der Waals surface area contributed by atoms with Crippen LogP contribution in [0.2, 0.25) is 0 Å². The Kier molecular flexibility index (Phi) is 7.85. The summed E-state index contributed by atoms with van der Waals surface area (Å²) in [5.74, 6) is 0.724. The average molecular weight is 401 g/mol. The van der Waals surface area contributed by atoms with Crippen LogP contribution in [0.1, 0.15) is 18.4 Å². The predicted molar refractivity (Wildman–Crippen MR) is 106 cm³/mol. The number of aliphatic imine (C=N–C) groups is 1. The minimum absolute atomic E-state index is 0.159. The summed E-state index contributed by atoms with van der Waals surface area (Å²) in [6.07, 6.45) is 2.52. The van der Waals surface area contributed by atoms with Crippen LogP contribution in [0.5, 0.6) is 0 Å². The highest BCUT2D eigenvalue weighted by molar-refractivity contribution is 7.92. The van der Waals surface area contributed by atoms with Crippen molar-refractivity contribution in [2.45, 2.75) is 19.8 Å². The number of likely N-dealkylation sites (N-methyl/N-ethyl adjacent to an activating group) is 1. The molecular formula is C18H29FN4O3S. The second-order valence-corrected chi connectivity index (χ2v) is 8.64. The highest BCUT2D eigenvalue weighted by Crippen LogP contribution is 2.28. The second kappa shape index (κ2) is 9.89. The maximum Gasteiger partial charge on any atom is 0.234 e. The van der Waals surface area contributed by atoms with E-state index in [4.69, 9.17) is 4.74 Å². The van der Waals surface area contributed by atoms with E-state index in [0.717, 1.165) is 12.5 Å². The second-order valence-electron chi connectivity index (χ2n) is 6.80. The Morgan fingerprint density at radius 1 is 1.41 bits per heavy atom. The molecule has 27 heavy (non-hydrogen) atoms. The largest absolute Gasteiger partial charge is 0.379 e. The molecule has 1 aliphatic rings. The molecule has 2 rings (SSSR count). The van der Waals surface area contributed by atoms with Crippen molar-refractivity contribution in [2.75, 3.05) is 50.9 Å². The lowest BCUT2D eigenvalue weighted by molar-refractivity contribution is 0.115. The lowest BCUT2D eigenvalue weighted by Gasteiger charge is -2.22. The van der Waals surface area contributed by atoms with E-state index in [1.54, 1.807) is 14.0 Å². The molecule has 0 atom stereocenters. The topological polar surface area (TPSA) is 83.0 Å². The highest BCUT2D eigenvalue weighted by atomic mass is 32.2. The molecule has 1 fully saturated rings. The number of sulfonamides is 1. The minimum atomic E-state index is -3.59. The van der Waals surface area contributed by atoms with Crippen molar-refractivity contribution < 1.29 is 17.5 Å². The molecule has 1 aliphatic carbocycles. The number of nitrogens with zero attached hydrogens (tertiary/aromatic N) is 2. The molecule has 0 unspecified atom stereocenters. The SMILES string of the molecule is CN=C(NCCS(=O)(=O)Nc1ccc(C)c(F)c1)N(C)CCOCC1CC1. The number of rotatable bonds is 10. The third-order valence-corrected chi connectivity index (χ3v) is 5.58. The fourth-order valence-electron chi connectivity index (χ4n) is 2.41. The molecule has 0 aliphatic heterocycles. The highest BCUT2D eigenvalue weighted by Gasteiger charge is 2.21. The minimum Gasteiger partial charge on any atom is -0.379 e. The molecule has 2 N–H and O–H groups in total. The van der Waals surface area contributed by atoms with E-state index in [0.29, 0.717) is 24.7 Å². The maximum absolute atomic E-state index is 13.5. The average Bonchev–Trinajstić information content (AvgIpc) is 3.43. The van der Waals surface area contributed by atoms with E-state index in [-0.39, 0.29) is 18.0 Å². The van der Waals surface area contributed by atoms with Crippen LogP contribution in [0.15, 0.2) is 23.2 Å². The van der Waals surface area contributed by atoms with Crippen LogP contribution in [0.3, 0.4) is 0 Å². The van der Waals surface area contributed by atoms with Gasteiger partial charge < -0.3 is 15.0 Å². The standard InChI is InChI=1S/C18H29FN4O3S/c1-14-4-7-16(12-17(14)19)22-27(24,25)11-8-21-18(20-2)23(3)9-10-26-13-15-5-6-15/h4,7,12,15,22H,5-6,8-11,13H2,1-3H3,(H,20,21). The van der Waals surface area contributed by atoms with Gasteiger partial charge in [0.1, 0.15) is 5.82 Å². The summed E-state index contributed by atoms with van der Waals surface area (Å²) in [6.45, 7) is 3.89. The molecule has 1 aromatic rings. The summed E-state index contributed by atoms with van der Waals surface area (Å²) < 4.78 is 45.9. The van der Waals surface area contributed by atoms with Gasteiger partial charge >= 0.3 is 0 Å². The molecule has 7 nitrogen and oxygen atoms in total. The van der Waals surface area contributed by atoms with Crippen molar-refractivity contribution in [3.8, 4) is 0 Å². The molecule has 0 spiro atoms. The van der Waals surface area contributed by atoms with Crippen molar-refractivity contribution in [3.63, 3.8) is 0 Å². The first-order valence-electron chi connectivity index (χ1n) is 9.07. The third-order valence-electron chi connectivity index (χ3n) is 4.29. The number of benzene rings is 1. The van der Waals surface area contributed by atoms with Gasteiger partial charge in [-0.15, -0.1) is 0 Å². The van der Waals surface area contributed by atoms with Crippen molar-refractivity contribution in [3.05, 3.63) is 29.6 Å². The molecule has 0 heterocycles. The van der Waals surface area contributed by atoms with Gasteiger partial charge in [-0.25, -0.2) is 12.8 Å². The zero-order valence-corrected chi connectivity index (χ0v) is 17.0. The van der Waals surface area contributed by atoms with E-state index < -0.39 is 15.8 Å². The van der Waals surface area contributed by atoms with E-state index in [1.807, 2.05) is 11.9 Å². The number of guanidine groups is 1. The number of aryl methyl sites for hydroxylation is 1.